The highest BCUT2D eigenvalue weighted by Gasteiger charge is 2.29. The molecule has 0 radical (unpaired) electrons. The van der Waals surface area contributed by atoms with Crippen LogP contribution in [0.2, 0.25) is 0 Å². The van der Waals surface area contributed by atoms with Crippen molar-refractivity contribution in [3.05, 3.63) is 0 Å². The molecule has 3 nitrogen and oxygen atoms in total. The summed E-state index contributed by atoms with van der Waals surface area (Å²) in [6.45, 7) is 8.31. The van der Waals surface area contributed by atoms with Crippen LogP contribution in [0.4, 0.5) is 4.79 Å². The van der Waals surface area contributed by atoms with Gasteiger partial charge >= 0.3 is 6.03 Å². The highest BCUT2D eigenvalue weighted by atomic mass is 16.2. The first-order chi connectivity index (χ1) is 7.31. The summed E-state index contributed by atoms with van der Waals surface area (Å²) in [7, 11) is 1.92. The van der Waals surface area contributed by atoms with Gasteiger partial charge in [0.1, 0.15) is 0 Å². The number of urea groups is 1. The van der Waals surface area contributed by atoms with Crippen molar-refractivity contribution in [1.29, 1.82) is 0 Å². The molecule has 0 spiro atoms. The Balaban J connectivity index is 2.55. The summed E-state index contributed by atoms with van der Waals surface area (Å²) in [4.78, 5) is 13.9. The third-order valence-corrected chi connectivity index (χ3v) is 3.37. The lowest BCUT2D eigenvalue weighted by Crippen LogP contribution is -2.52. The summed E-state index contributed by atoms with van der Waals surface area (Å²) < 4.78 is 0. The van der Waals surface area contributed by atoms with E-state index in [2.05, 4.69) is 12.2 Å². The lowest BCUT2D eigenvalue weighted by Gasteiger charge is -2.37. The van der Waals surface area contributed by atoms with Gasteiger partial charge in [0.15, 0.2) is 0 Å². The Morgan fingerprint density at radius 1 is 1.25 bits per heavy atom. The highest BCUT2D eigenvalue weighted by molar-refractivity contribution is 5.75. The fourth-order valence-electron chi connectivity index (χ4n) is 2.43. The van der Waals surface area contributed by atoms with E-state index in [9.17, 15) is 4.79 Å². The van der Waals surface area contributed by atoms with Gasteiger partial charge in [0.25, 0.3) is 0 Å². The summed E-state index contributed by atoms with van der Waals surface area (Å²) >= 11 is 0. The SMILES string of the molecule is CC1CCCCC1N(C)C(=O)NC(C)(C)C. The summed E-state index contributed by atoms with van der Waals surface area (Å²) in [6.07, 6.45) is 4.96. The zero-order valence-corrected chi connectivity index (χ0v) is 11.3. The second kappa shape index (κ2) is 5.07. The molecule has 0 aromatic heterocycles. The van der Waals surface area contributed by atoms with Gasteiger partial charge in [-0.15, -0.1) is 0 Å². The molecule has 2 unspecified atom stereocenters. The van der Waals surface area contributed by atoms with E-state index < -0.39 is 0 Å². The molecule has 3 heteroatoms. The van der Waals surface area contributed by atoms with Crippen molar-refractivity contribution < 1.29 is 4.79 Å². The van der Waals surface area contributed by atoms with Crippen molar-refractivity contribution >= 4 is 6.03 Å². The van der Waals surface area contributed by atoms with Crippen molar-refractivity contribution in [2.24, 2.45) is 5.92 Å². The Morgan fingerprint density at radius 3 is 2.31 bits per heavy atom. The zero-order valence-electron chi connectivity index (χ0n) is 11.3. The first-order valence-electron chi connectivity index (χ1n) is 6.36. The molecule has 2 amide bonds. The predicted octanol–water partition coefficient (Wildman–Crippen LogP) is 3.01. The molecule has 1 rings (SSSR count). The van der Waals surface area contributed by atoms with Crippen LogP contribution in [0.1, 0.15) is 53.4 Å². The van der Waals surface area contributed by atoms with E-state index in [-0.39, 0.29) is 11.6 Å². The number of hydrogen-bond donors (Lipinski definition) is 1. The van der Waals surface area contributed by atoms with E-state index in [1.807, 2.05) is 32.7 Å². The Labute approximate surface area is 99.6 Å². The molecular formula is C13H26N2O. The molecule has 1 aliphatic carbocycles. The van der Waals surface area contributed by atoms with Crippen LogP contribution in [0.5, 0.6) is 0 Å². The summed E-state index contributed by atoms with van der Waals surface area (Å²) in [5, 5.41) is 3.02. The van der Waals surface area contributed by atoms with Gasteiger partial charge in [0.05, 0.1) is 0 Å². The number of hydrogen-bond acceptors (Lipinski definition) is 1. The maximum Gasteiger partial charge on any atom is 0.317 e. The van der Waals surface area contributed by atoms with Crippen molar-refractivity contribution in [1.82, 2.24) is 10.2 Å². The quantitative estimate of drug-likeness (QED) is 0.732. The first-order valence-corrected chi connectivity index (χ1v) is 6.36. The predicted molar refractivity (Wildman–Crippen MR) is 67.5 cm³/mol. The third kappa shape index (κ3) is 3.69. The average Bonchev–Trinajstić information content (AvgIpc) is 2.15. The number of carbonyl (C=O) groups excluding carboxylic acids is 1. The minimum absolute atomic E-state index is 0.0613. The number of nitrogens with one attached hydrogen (secondary N) is 1. The van der Waals surface area contributed by atoms with Crippen LogP contribution in [0.15, 0.2) is 0 Å². The zero-order chi connectivity index (χ0) is 12.3. The molecule has 2 atom stereocenters. The van der Waals surface area contributed by atoms with Crippen LogP contribution in [-0.2, 0) is 0 Å². The maximum absolute atomic E-state index is 12.0. The lowest BCUT2D eigenvalue weighted by atomic mass is 9.85. The van der Waals surface area contributed by atoms with Gasteiger partial charge in [-0.25, -0.2) is 4.79 Å². The first kappa shape index (κ1) is 13.3. The van der Waals surface area contributed by atoms with Crippen molar-refractivity contribution in [3.8, 4) is 0 Å². The fourth-order valence-corrected chi connectivity index (χ4v) is 2.43. The summed E-state index contributed by atoms with van der Waals surface area (Å²) in [6, 6.07) is 0.474. The standard InChI is InChI=1S/C13H26N2O/c1-10-8-6-7-9-11(10)15(5)12(16)14-13(2,3)4/h10-11H,6-9H2,1-5H3,(H,14,16). The molecular weight excluding hydrogens is 200 g/mol. The molecule has 94 valence electrons. The van der Waals surface area contributed by atoms with E-state index in [1.165, 1.54) is 19.3 Å². The van der Waals surface area contributed by atoms with Crippen LogP contribution in [0, 0.1) is 5.92 Å². The number of carbonyl (C=O) groups is 1. The number of nitrogens with zero attached hydrogens (tertiary/aromatic N) is 1. The summed E-state index contributed by atoms with van der Waals surface area (Å²) in [5.41, 5.74) is -0.150. The largest absolute Gasteiger partial charge is 0.333 e. The average molecular weight is 226 g/mol. The van der Waals surface area contributed by atoms with Gasteiger partial charge in [-0.2, -0.15) is 0 Å². The monoisotopic (exact) mass is 226 g/mol. The van der Waals surface area contributed by atoms with E-state index in [1.54, 1.807) is 0 Å². The Bertz CT molecular complexity index is 245. The fraction of sp³-hybridized carbons (Fsp3) is 0.923. The van der Waals surface area contributed by atoms with Crippen molar-refractivity contribution in [2.75, 3.05) is 7.05 Å². The Morgan fingerprint density at radius 2 is 1.81 bits per heavy atom. The smallest absolute Gasteiger partial charge is 0.317 e. The maximum atomic E-state index is 12.0. The van der Waals surface area contributed by atoms with Gasteiger partial charge in [-0.3, -0.25) is 0 Å². The van der Waals surface area contributed by atoms with Gasteiger partial charge in [-0.05, 0) is 39.5 Å². The molecule has 1 aliphatic rings. The normalized spacial score (nSPS) is 26.3. The second-order valence-corrected chi connectivity index (χ2v) is 6.12. The molecule has 0 aliphatic heterocycles. The molecule has 1 fully saturated rings. The molecule has 1 saturated carbocycles. The number of rotatable bonds is 1. The van der Waals surface area contributed by atoms with Gasteiger partial charge in [-0.1, -0.05) is 19.8 Å². The molecule has 0 saturated heterocycles. The van der Waals surface area contributed by atoms with Crippen LogP contribution in [0.3, 0.4) is 0 Å². The number of amides is 2. The lowest BCUT2D eigenvalue weighted by molar-refractivity contribution is 0.139. The third-order valence-electron chi connectivity index (χ3n) is 3.37. The van der Waals surface area contributed by atoms with Crippen LogP contribution < -0.4 is 5.32 Å². The summed E-state index contributed by atoms with van der Waals surface area (Å²) in [5.74, 6) is 0.629. The molecule has 16 heavy (non-hydrogen) atoms. The Hall–Kier alpha value is -0.730. The van der Waals surface area contributed by atoms with Gasteiger partial charge < -0.3 is 10.2 Å². The van der Waals surface area contributed by atoms with Crippen molar-refractivity contribution in [3.63, 3.8) is 0 Å². The van der Waals surface area contributed by atoms with Crippen molar-refractivity contribution in [2.45, 2.75) is 65.0 Å². The highest BCUT2D eigenvalue weighted by Crippen LogP contribution is 2.27. The minimum atomic E-state index is -0.150. The van der Waals surface area contributed by atoms with E-state index in [0.29, 0.717) is 12.0 Å². The Kier molecular flexibility index (Phi) is 4.22. The molecule has 0 heterocycles. The van der Waals surface area contributed by atoms with E-state index in [4.69, 9.17) is 0 Å². The van der Waals surface area contributed by atoms with Crippen LogP contribution >= 0.6 is 0 Å². The molecule has 0 aromatic rings. The van der Waals surface area contributed by atoms with Crippen LogP contribution in [0.25, 0.3) is 0 Å². The second-order valence-electron chi connectivity index (χ2n) is 6.12. The van der Waals surface area contributed by atoms with Gasteiger partial charge in [0.2, 0.25) is 0 Å². The van der Waals surface area contributed by atoms with Gasteiger partial charge in [0, 0.05) is 18.6 Å². The van der Waals surface area contributed by atoms with E-state index in [0.717, 1.165) is 6.42 Å². The molecule has 1 N–H and O–H groups in total. The van der Waals surface area contributed by atoms with E-state index >= 15 is 0 Å². The minimum Gasteiger partial charge on any atom is -0.333 e. The topological polar surface area (TPSA) is 32.3 Å². The molecule has 0 aromatic carbocycles. The molecule has 0 bridgehead atoms. The van der Waals surface area contributed by atoms with Crippen LogP contribution in [-0.4, -0.2) is 29.6 Å².